The van der Waals surface area contributed by atoms with Gasteiger partial charge < -0.3 is 15.4 Å². The number of carbonyl (C=O) groups is 1. The van der Waals surface area contributed by atoms with Crippen LogP contribution in [-0.4, -0.2) is 32.1 Å². The fraction of sp³-hybridized carbons (Fsp3) is 0.238. The van der Waals surface area contributed by atoms with Gasteiger partial charge in [-0.15, -0.1) is 0 Å². The second-order valence-corrected chi connectivity index (χ2v) is 6.79. The van der Waals surface area contributed by atoms with Gasteiger partial charge in [-0.1, -0.05) is 0 Å². The van der Waals surface area contributed by atoms with Crippen molar-refractivity contribution in [3.63, 3.8) is 0 Å². The zero-order valence-electron chi connectivity index (χ0n) is 15.9. The molecule has 1 atom stereocenters. The van der Waals surface area contributed by atoms with Gasteiger partial charge >= 0.3 is 0 Å². The van der Waals surface area contributed by atoms with Gasteiger partial charge in [0.05, 0.1) is 48.0 Å². The topological polar surface area (TPSA) is 94.2 Å². The molecule has 2 N–H and O–H groups in total. The maximum Gasteiger partial charge on any atom is 0.235 e. The summed E-state index contributed by atoms with van der Waals surface area (Å²) in [7, 11) is 0. The van der Waals surface area contributed by atoms with Crippen LogP contribution in [-0.2, 0) is 24.3 Å². The summed E-state index contributed by atoms with van der Waals surface area (Å²) < 4.78 is 18.0. The summed E-state index contributed by atoms with van der Waals surface area (Å²) in [5, 5.41) is 0. The maximum atomic E-state index is 13.0. The van der Waals surface area contributed by atoms with Gasteiger partial charge in [0.15, 0.2) is 0 Å². The molecule has 0 radical (unpaired) electrons. The maximum absolute atomic E-state index is 13.0. The molecule has 0 spiro atoms. The minimum Gasteiger partial charge on any atom is -0.461 e. The number of aromatic nitrogens is 3. The number of benzene rings is 1. The molecule has 4 rings (SSSR count). The Morgan fingerprint density at radius 1 is 1.14 bits per heavy atom. The van der Waals surface area contributed by atoms with Gasteiger partial charge in [-0.3, -0.25) is 19.7 Å². The van der Waals surface area contributed by atoms with Crippen LogP contribution in [0.4, 0.5) is 10.1 Å². The standard InChI is InChI=1S/C21H20FN5O2/c1-13(22)29-15-4-2-14(3-5-15)17-7-6-16(23)18(26-17)10-21(28)27-11-19-20(12-27)25-9-8-24-19/h2-9,13H,10-12,23H2,1H3. The number of nitrogens with two attached hydrogens (primary N) is 1. The second-order valence-electron chi connectivity index (χ2n) is 6.79. The number of hydrogen-bond donors (Lipinski definition) is 1. The summed E-state index contributed by atoms with van der Waals surface area (Å²) in [6, 6.07) is 10.5. The molecule has 1 amide bonds. The molecule has 7 nitrogen and oxygen atoms in total. The number of nitrogen functional groups attached to an aromatic ring is 1. The lowest BCUT2D eigenvalue weighted by atomic mass is 10.1. The minimum atomic E-state index is -1.38. The molecule has 3 aromatic rings. The van der Waals surface area contributed by atoms with Gasteiger partial charge in [0.2, 0.25) is 12.3 Å². The quantitative estimate of drug-likeness (QED) is 0.716. The third-order valence-corrected chi connectivity index (χ3v) is 4.67. The van der Waals surface area contributed by atoms with E-state index in [1.165, 1.54) is 6.92 Å². The molecule has 148 valence electrons. The summed E-state index contributed by atoms with van der Waals surface area (Å²) in [5.41, 5.74) is 10.2. The number of fused-ring (bicyclic) bond motifs is 1. The number of nitrogens with zero attached hydrogens (tertiary/aromatic N) is 4. The Labute approximate surface area is 167 Å². The Hall–Kier alpha value is -3.55. The molecular weight excluding hydrogens is 373 g/mol. The number of ether oxygens (including phenoxy) is 1. The van der Waals surface area contributed by atoms with Gasteiger partial charge in [-0.25, -0.2) is 4.39 Å². The van der Waals surface area contributed by atoms with Gasteiger partial charge in [-0.2, -0.15) is 0 Å². The lowest BCUT2D eigenvalue weighted by Gasteiger charge is -2.15. The van der Waals surface area contributed by atoms with Crippen LogP contribution >= 0.6 is 0 Å². The fourth-order valence-electron chi connectivity index (χ4n) is 3.21. The summed E-state index contributed by atoms with van der Waals surface area (Å²) in [6.07, 6.45) is 1.96. The molecule has 0 saturated heterocycles. The highest BCUT2D eigenvalue weighted by Crippen LogP contribution is 2.25. The average molecular weight is 393 g/mol. The van der Waals surface area contributed by atoms with E-state index < -0.39 is 6.36 Å². The highest BCUT2D eigenvalue weighted by molar-refractivity contribution is 5.80. The van der Waals surface area contributed by atoms with Gasteiger partial charge in [0, 0.05) is 24.9 Å². The Balaban J connectivity index is 1.49. The third kappa shape index (κ3) is 4.16. The summed E-state index contributed by atoms with van der Waals surface area (Å²) in [5.74, 6) is 0.354. The number of hydrogen-bond acceptors (Lipinski definition) is 6. The molecule has 1 aliphatic rings. The SMILES string of the molecule is CC(F)Oc1ccc(-c2ccc(N)c(CC(=O)N3Cc4nccnc4C3)n2)cc1. The number of amides is 1. The van der Waals surface area contributed by atoms with Gasteiger partial charge in [0.1, 0.15) is 5.75 Å². The molecule has 1 aliphatic heterocycles. The van der Waals surface area contributed by atoms with Gasteiger partial charge in [-0.05, 0) is 36.4 Å². The summed E-state index contributed by atoms with van der Waals surface area (Å²) in [6.45, 7) is 2.20. The number of halogens is 1. The van der Waals surface area contributed by atoms with E-state index in [1.807, 2.05) is 0 Å². The Morgan fingerprint density at radius 2 is 1.79 bits per heavy atom. The average Bonchev–Trinajstić information content (AvgIpc) is 3.14. The number of anilines is 1. The molecule has 29 heavy (non-hydrogen) atoms. The van der Waals surface area contributed by atoms with E-state index in [0.29, 0.717) is 35.9 Å². The highest BCUT2D eigenvalue weighted by atomic mass is 19.1. The molecule has 8 heteroatoms. The Morgan fingerprint density at radius 3 is 2.41 bits per heavy atom. The molecule has 0 aliphatic carbocycles. The second kappa shape index (κ2) is 7.83. The Bertz CT molecular complexity index is 1010. The van der Waals surface area contributed by atoms with E-state index in [0.717, 1.165) is 17.0 Å². The number of rotatable bonds is 5. The van der Waals surface area contributed by atoms with E-state index in [9.17, 15) is 9.18 Å². The molecule has 1 unspecified atom stereocenters. The lowest BCUT2D eigenvalue weighted by molar-refractivity contribution is -0.131. The van der Waals surface area contributed by atoms with Crippen molar-refractivity contribution in [2.75, 3.05) is 5.73 Å². The predicted molar refractivity (Wildman–Crippen MR) is 105 cm³/mol. The predicted octanol–water partition coefficient (Wildman–Crippen LogP) is 2.90. The van der Waals surface area contributed by atoms with Crippen LogP contribution in [0.3, 0.4) is 0 Å². The van der Waals surface area contributed by atoms with Crippen molar-refractivity contribution in [1.29, 1.82) is 0 Å². The smallest absolute Gasteiger partial charge is 0.235 e. The fourth-order valence-corrected chi connectivity index (χ4v) is 3.21. The van der Waals surface area contributed by atoms with Crippen molar-refractivity contribution >= 4 is 11.6 Å². The van der Waals surface area contributed by atoms with E-state index in [-0.39, 0.29) is 12.3 Å². The third-order valence-electron chi connectivity index (χ3n) is 4.67. The minimum absolute atomic E-state index is 0.0816. The molecule has 3 heterocycles. The van der Waals surface area contributed by atoms with Crippen LogP contribution in [0.15, 0.2) is 48.8 Å². The summed E-state index contributed by atoms with van der Waals surface area (Å²) in [4.78, 5) is 27.6. The molecule has 0 saturated carbocycles. The first kappa shape index (κ1) is 18.8. The zero-order chi connectivity index (χ0) is 20.4. The lowest BCUT2D eigenvalue weighted by Crippen LogP contribution is -2.27. The molecule has 0 bridgehead atoms. The number of alkyl halides is 1. The van der Waals surface area contributed by atoms with Gasteiger partial charge in [0.25, 0.3) is 0 Å². The van der Waals surface area contributed by atoms with Crippen LogP contribution in [0, 0.1) is 0 Å². The van der Waals surface area contributed by atoms with Crippen LogP contribution < -0.4 is 10.5 Å². The number of pyridine rings is 1. The van der Waals surface area contributed by atoms with Crippen molar-refractivity contribution in [3.8, 4) is 17.0 Å². The Kier molecular flexibility index (Phi) is 5.07. The first-order chi connectivity index (χ1) is 14.0. The van der Waals surface area contributed by atoms with Crippen molar-refractivity contribution in [1.82, 2.24) is 19.9 Å². The van der Waals surface area contributed by atoms with Crippen molar-refractivity contribution < 1.29 is 13.9 Å². The molecular formula is C21H20FN5O2. The summed E-state index contributed by atoms with van der Waals surface area (Å²) >= 11 is 0. The number of carbonyl (C=O) groups excluding carboxylic acids is 1. The highest BCUT2D eigenvalue weighted by Gasteiger charge is 2.26. The normalized spacial score (nSPS) is 13.8. The molecule has 0 fully saturated rings. The van der Waals surface area contributed by atoms with Crippen LogP contribution in [0.25, 0.3) is 11.3 Å². The monoisotopic (exact) mass is 393 g/mol. The van der Waals surface area contributed by atoms with E-state index in [1.54, 1.807) is 53.7 Å². The van der Waals surface area contributed by atoms with Crippen LogP contribution in [0.1, 0.15) is 24.0 Å². The van der Waals surface area contributed by atoms with E-state index in [4.69, 9.17) is 10.5 Å². The van der Waals surface area contributed by atoms with E-state index >= 15 is 0 Å². The zero-order valence-corrected chi connectivity index (χ0v) is 15.9. The van der Waals surface area contributed by atoms with Crippen molar-refractivity contribution in [3.05, 3.63) is 65.9 Å². The first-order valence-corrected chi connectivity index (χ1v) is 9.22. The largest absolute Gasteiger partial charge is 0.461 e. The molecule has 2 aromatic heterocycles. The first-order valence-electron chi connectivity index (χ1n) is 9.22. The van der Waals surface area contributed by atoms with Crippen LogP contribution in [0.2, 0.25) is 0 Å². The van der Waals surface area contributed by atoms with Crippen molar-refractivity contribution in [2.24, 2.45) is 0 Å². The van der Waals surface area contributed by atoms with Crippen LogP contribution in [0.5, 0.6) is 5.75 Å². The van der Waals surface area contributed by atoms with Crippen molar-refractivity contribution in [2.45, 2.75) is 32.8 Å². The van der Waals surface area contributed by atoms with E-state index in [2.05, 4.69) is 15.0 Å². The molecule has 1 aromatic carbocycles.